The van der Waals surface area contributed by atoms with Crippen LogP contribution in [0.1, 0.15) is 12.5 Å². The van der Waals surface area contributed by atoms with Crippen LogP contribution in [0.5, 0.6) is 0 Å². The number of nitrogens with one attached hydrogen (secondary N) is 1. The Morgan fingerprint density at radius 1 is 1.19 bits per heavy atom. The van der Waals surface area contributed by atoms with E-state index in [4.69, 9.17) is 0 Å². The van der Waals surface area contributed by atoms with Crippen molar-refractivity contribution < 1.29 is 14.3 Å². The van der Waals surface area contributed by atoms with Crippen molar-refractivity contribution in [3.63, 3.8) is 0 Å². The first-order chi connectivity index (χ1) is 9.85. The second-order valence-corrected chi connectivity index (χ2v) is 5.13. The number of nitrogens with zero attached hydrogens (tertiary/aromatic N) is 2. The smallest absolute Gasteiger partial charge is 0.413 e. The number of amides is 2. The normalized spacial score (nSPS) is 11.9. The van der Waals surface area contributed by atoms with Crippen LogP contribution in [0.15, 0.2) is 24.3 Å². The second kappa shape index (κ2) is 7.64. The highest BCUT2D eigenvalue weighted by Crippen LogP contribution is 2.14. The van der Waals surface area contributed by atoms with Crippen LogP contribution in [0.25, 0.3) is 0 Å². The molecular weight excluding hydrogens is 270 g/mol. The lowest BCUT2D eigenvalue weighted by atomic mass is 10.1. The van der Waals surface area contributed by atoms with Gasteiger partial charge in [0.05, 0.1) is 13.2 Å². The van der Waals surface area contributed by atoms with E-state index in [1.807, 2.05) is 55.2 Å². The van der Waals surface area contributed by atoms with E-state index in [2.05, 4.69) is 10.1 Å². The van der Waals surface area contributed by atoms with Crippen LogP contribution in [-0.2, 0) is 16.1 Å². The van der Waals surface area contributed by atoms with E-state index in [1.165, 1.54) is 7.11 Å². The van der Waals surface area contributed by atoms with Crippen LogP contribution < -0.4 is 10.2 Å². The Kier molecular flexibility index (Phi) is 6.17. The number of benzene rings is 1. The maximum absolute atomic E-state index is 11.8. The molecule has 0 heterocycles. The van der Waals surface area contributed by atoms with Gasteiger partial charge in [-0.25, -0.2) is 4.79 Å². The first kappa shape index (κ1) is 17.0. The second-order valence-electron chi connectivity index (χ2n) is 5.13. The first-order valence-electron chi connectivity index (χ1n) is 6.70. The molecule has 0 spiro atoms. The summed E-state index contributed by atoms with van der Waals surface area (Å²) in [6.45, 7) is 2.36. The van der Waals surface area contributed by atoms with Gasteiger partial charge in [-0.3, -0.25) is 15.0 Å². The largest absolute Gasteiger partial charge is 0.453 e. The number of hydrogen-bond donors (Lipinski definition) is 1. The molecule has 1 N–H and O–H groups in total. The molecule has 1 atom stereocenters. The molecule has 0 radical (unpaired) electrons. The lowest BCUT2D eigenvalue weighted by Gasteiger charge is -2.23. The highest BCUT2D eigenvalue weighted by Gasteiger charge is 2.20. The molecule has 0 unspecified atom stereocenters. The molecule has 0 fully saturated rings. The molecule has 0 aliphatic carbocycles. The number of hydrogen-bond acceptors (Lipinski definition) is 5. The van der Waals surface area contributed by atoms with Crippen molar-refractivity contribution in [2.24, 2.45) is 0 Å². The Bertz CT molecular complexity index is 485. The van der Waals surface area contributed by atoms with E-state index >= 15 is 0 Å². The summed E-state index contributed by atoms with van der Waals surface area (Å²) in [4.78, 5) is 26.8. The minimum absolute atomic E-state index is 0.380. The zero-order valence-electron chi connectivity index (χ0n) is 13.2. The molecule has 1 aromatic rings. The van der Waals surface area contributed by atoms with Crippen molar-refractivity contribution in [2.45, 2.75) is 19.5 Å². The number of alkyl carbamates (subject to hydrolysis) is 1. The van der Waals surface area contributed by atoms with E-state index in [0.29, 0.717) is 6.54 Å². The number of carbonyl (C=O) groups is 2. The zero-order valence-corrected chi connectivity index (χ0v) is 13.2. The van der Waals surface area contributed by atoms with E-state index in [0.717, 1.165) is 11.3 Å². The van der Waals surface area contributed by atoms with E-state index in [1.54, 1.807) is 6.92 Å². The fraction of sp³-hybridized carbons (Fsp3) is 0.467. The van der Waals surface area contributed by atoms with Crippen molar-refractivity contribution in [3.8, 4) is 0 Å². The number of imide groups is 1. The van der Waals surface area contributed by atoms with E-state index in [-0.39, 0.29) is 5.91 Å². The molecule has 0 saturated carbocycles. The van der Waals surface area contributed by atoms with Gasteiger partial charge in [0.15, 0.2) is 0 Å². The standard InChI is InChI=1S/C15H23N3O3/c1-11(14(19)16-15(20)21-5)18(4)10-12-6-8-13(9-7-12)17(2)3/h6-9,11H,10H2,1-5H3,(H,16,19,20)/t11-/m1/s1. The average Bonchev–Trinajstić information content (AvgIpc) is 2.46. The van der Waals surface area contributed by atoms with Gasteiger partial charge >= 0.3 is 6.09 Å². The van der Waals surface area contributed by atoms with Crippen LogP contribution in [0.2, 0.25) is 0 Å². The zero-order chi connectivity index (χ0) is 16.0. The average molecular weight is 293 g/mol. The van der Waals surface area contributed by atoms with E-state index in [9.17, 15) is 9.59 Å². The number of methoxy groups -OCH3 is 1. The van der Waals surface area contributed by atoms with Crippen molar-refractivity contribution in [1.29, 1.82) is 0 Å². The van der Waals surface area contributed by atoms with Crippen LogP contribution in [0.4, 0.5) is 10.5 Å². The molecule has 1 rings (SSSR count). The fourth-order valence-electron chi connectivity index (χ4n) is 1.78. The lowest BCUT2D eigenvalue weighted by Crippen LogP contribution is -2.45. The van der Waals surface area contributed by atoms with Crippen molar-refractivity contribution >= 4 is 17.7 Å². The van der Waals surface area contributed by atoms with Crippen LogP contribution in [-0.4, -0.2) is 51.2 Å². The third-order valence-electron chi connectivity index (χ3n) is 3.34. The molecule has 2 amide bonds. The van der Waals surface area contributed by atoms with Gasteiger partial charge in [0.1, 0.15) is 0 Å². The maximum atomic E-state index is 11.8. The highest BCUT2D eigenvalue weighted by molar-refractivity contribution is 5.94. The predicted octanol–water partition coefficient (Wildman–Crippen LogP) is 1.46. The van der Waals surface area contributed by atoms with Crippen molar-refractivity contribution in [1.82, 2.24) is 10.2 Å². The Hall–Kier alpha value is -2.08. The summed E-state index contributed by atoms with van der Waals surface area (Å²) in [5, 5.41) is 2.17. The van der Waals surface area contributed by atoms with Gasteiger partial charge in [-0.15, -0.1) is 0 Å². The van der Waals surface area contributed by atoms with Gasteiger partial charge in [0.2, 0.25) is 5.91 Å². The number of likely N-dealkylation sites (N-methyl/N-ethyl adjacent to an activating group) is 1. The Morgan fingerprint density at radius 3 is 2.24 bits per heavy atom. The lowest BCUT2D eigenvalue weighted by molar-refractivity contribution is -0.124. The van der Waals surface area contributed by atoms with Crippen molar-refractivity contribution in [2.75, 3.05) is 33.2 Å². The van der Waals surface area contributed by atoms with Gasteiger partial charge in [0.25, 0.3) is 0 Å². The molecule has 0 bridgehead atoms. The Labute approximate surface area is 125 Å². The molecule has 1 aromatic carbocycles. The molecule has 0 aliphatic rings. The Morgan fingerprint density at radius 2 is 1.76 bits per heavy atom. The summed E-state index contributed by atoms with van der Waals surface area (Å²) in [5.41, 5.74) is 2.22. The number of anilines is 1. The minimum atomic E-state index is -0.740. The third-order valence-corrected chi connectivity index (χ3v) is 3.34. The molecule has 0 aromatic heterocycles. The van der Waals surface area contributed by atoms with E-state index < -0.39 is 12.1 Å². The number of rotatable bonds is 5. The SMILES string of the molecule is COC(=O)NC(=O)[C@@H](C)N(C)Cc1ccc(N(C)C)cc1. The highest BCUT2D eigenvalue weighted by atomic mass is 16.5. The Balaban J connectivity index is 2.61. The summed E-state index contributed by atoms with van der Waals surface area (Å²) >= 11 is 0. The number of ether oxygens (including phenoxy) is 1. The quantitative estimate of drug-likeness (QED) is 0.890. The van der Waals surface area contributed by atoms with Gasteiger partial charge in [-0.1, -0.05) is 12.1 Å². The monoisotopic (exact) mass is 293 g/mol. The summed E-state index contributed by atoms with van der Waals surface area (Å²) in [6.07, 6.45) is -0.740. The molecule has 0 saturated heterocycles. The molecule has 116 valence electrons. The predicted molar refractivity (Wildman–Crippen MR) is 82.2 cm³/mol. The van der Waals surface area contributed by atoms with Gasteiger partial charge in [0, 0.05) is 26.3 Å². The molecule has 0 aliphatic heterocycles. The van der Waals surface area contributed by atoms with Crippen molar-refractivity contribution in [3.05, 3.63) is 29.8 Å². The van der Waals surface area contributed by atoms with Gasteiger partial charge in [-0.2, -0.15) is 0 Å². The summed E-state index contributed by atoms with van der Waals surface area (Å²) in [7, 11) is 7.03. The van der Waals surface area contributed by atoms with Gasteiger partial charge in [-0.05, 0) is 31.7 Å². The van der Waals surface area contributed by atoms with Crippen LogP contribution in [0.3, 0.4) is 0 Å². The topological polar surface area (TPSA) is 61.9 Å². The molecule has 21 heavy (non-hydrogen) atoms. The molecule has 6 heteroatoms. The summed E-state index contributed by atoms with van der Waals surface area (Å²) in [6, 6.07) is 7.68. The fourth-order valence-corrected chi connectivity index (χ4v) is 1.78. The molecular formula is C15H23N3O3. The van der Waals surface area contributed by atoms with Gasteiger partial charge < -0.3 is 9.64 Å². The number of carbonyl (C=O) groups excluding carboxylic acids is 2. The first-order valence-corrected chi connectivity index (χ1v) is 6.70. The summed E-state index contributed by atoms with van der Waals surface area (Å²) in [5.74, 6) is -0.380. The maximum Gasteiger partial charge on any atom is 0.413 e. The summed E-state index contributed by atoms with van der Waals surface area (Å²) < 4.78 is 4.41. The van der Waals surface area contributed by atoms with Crippen LogP contribution in [0, 0.1) is 0 Å². The van der Waals surface area contributed by atoms with Crippen LogP contribution >= 0.6 is 0 Å². The minimum Gasteiger partial charge on any atom is -0.453 e. The molecule has 6 nitrogen and oxygen atoms in total. The third kappa shape index (κ3) is 5.07.